The van der Waals surface area contributed by atoms with Crippen LogP contribution in [0.1, 0.15) is 52.4 Å². The maximum atomic E-state index is 11.1. The highest BCUT2D eigenvalue weighted by atomic mass is 16.4. The Kier molecular flexibility index (Phi) is 15.4. The van der Waals surface area contributed by atoms with Gasteiger partial charge >= 0.3 is 11.9 Å². The summed E-state index contributed by atoms with van der Waals surface area (Å²) in [6.45, 7) is 7.81. The van der Waals surface area contributed by atoms with E-state index in [-0.39, 0.29) is 5.91 Å². The molecule has 0 spiro atoms. The Balaban J connectivity index is 0. The normalized spacial score (nSPS) is 9.95. The molecule has 6 nitrogen and oxygen atoms in total. The number of rotatable bonds is 10. The van der Waals surface area contributed by atoms with Gasteiger partial charge in [0, 0.05) is 18.2 Å². The molecule has 0 fully saturated rings. The van der Waals surface area contributed by atoms with E-state index in [1.165, 1.54) is 31.8 Å². The first-order chi connectivity index (χ1) is 10.4. The molecule has 126 valence electrons. The first-order valence-electron chi connectivity index (χ1n) is 7.44. The van der Waals surface area contributed by atoms with Crippen molar-refractivity contribution in [3.8, 4) is 0 Å². The van der Waals surface area contributed by atoms with Gasteiger partial charge in [-0.1, -0.05) is 46.1 Å². The molecule has 0 rings (SSSR count). The van der Waals surface area contributed by atoms with Crippen molar-refractivity contribution in [1.29, 1.82) is 0 Å². The lowest BCUT2D eigenvalue weighted by atomic mass is 10.0. The van der Waals surface area contributed by atoms with E-state index in [2.05, 4.69) is 25.7 Å². The Labute approximate surface area is 131 Å². The van der Waals surface area contributed by atoms with Gasteiger partial charge in [-0.15, -0.1) is 0 Å². The molecule has 3 N–H and O–H groups in total. The number of hydrogen-bond acceptors (Lipinski definition) is 3. The SMILES string of the molecule is C=CC(=O)NC(CCCC)CCCC.O=C(O)C=CC(=O)O. The Hall–Kier alpha value is -2.11. The molecule has 0 atom stereocenters. The fourth-order valence-electron chi connectivity index (χ4n) is 1.59. The van der Waals surface area contributed by atoms with Crippen LogP contribution in [0.4, 0.5) is 0 Å². The fraction of sp³-hybridized carbons (Fsp3) is 0.562. The molecule has 0 radical (unpaired) electrons. The average molecular weight is 313 g/mol. The summed E-state index contributed by atoms with van der Waals surface area (Å²) < 4.78 is 0. The predicted octanol–water partition coefficient (Wildman–Crippen LogP) is 2.75. The zero-order valence-corrected chi connectivity index (χ0v) is 13.4. The van der Waals surface area contributed by atoms with Crippen molar-refractivity contribution < 1.29 is 24.6 Å². The number of carbonyl (C=O) groups is 3. The van der Waals surface area contributed by atoms with E-state index in [0.29, 0.717) is 18.2 Å². The molecule has 0 aliphatic carbocycles. The smallest absolute Gasteiger partial charge is 0.328 e. The molecule has 0 aliphatic heterocycles. The van der Waals surface area contributed by atoms with E-state index >= 15 is 0 Å². The molecule has 0 unspecified atom stereocenters. The van der Waals surface area contributed by atoms with Crippen molar-refractivity contribution in [2.24, 2.45) is 0 Å². The second-order valence-corrected chi connectivity index (χ2v) is 4.70. The van der Waals surface area contributed by atoms with Crippen LogP contribution in [0.3, 0.4) is 0 Å². The van der Waals surface area contributed by atoms with E-state index in [0.717, 1.165) is 12.8 Å². The van der Waals surface area contributed by atoms with Gasteiger partial charge in [0.05, 0.1) is 0 Å². The molecule has 0 aliphatic rings. The van der Waals surface area contributed by atoms with E-state index in [1.807, 2.05) is 0 Å². The maximum Gasteiger partial charge on any atom is 0.328 e. The minimum absolute atomic E-state index is 0.0396. The van der Waals surface area contributed by atoms with Crippen molar-refractivity contribution in [2.45, 2.75) is 58.4 Å². The van der Waals surface area contributed by atoms with Crippen LogP contribution in [0.5, 0.6) is 0 Å². The number of unbranched alkanes of at least 4 members (excludes halogenated alkanes) is 2. The van der Waals surface area contributed by atoms with Crippen LogP contribution in [0.15, 0.2) is 24.8 Å². The van der Waals surface area contributed by atoms with Crippen molar-refractivity contribution in [3.05, 3.63) is 24.8 Å². The number of amides is 1. The van der Waals surface area contributed by atoms with Crippen molar-refractivity contribution in [2.75, 3.05) is 0 Å². The highest BCUT2D eigenvalue weighted by Gasteiger charge is 2.08. The maximum absolute atomic E-state index is 11.1. The minimum atomic E-state index is -1.26. The van der Waals surface area contributed by atoms with E-state index in [9.17, 15) is 14.4 Å². The molecule has 0 aromatic carbocycles. The van der Waals surface area contributed by atoms with Gasteiger partial charge in [-0.2, -0.15) is 0 Å². The largest absolute Gasteiger partial charge is 0.478 e. The van der Waals surface area contributed by atoms with Crippen LogP contribution in [0.2, 0.25) is 0 Å². The number of hydrogen-bond donors (Lipinski definition) is 3. The van der Waals surface area contributed by atoms with Gasteiger partial charge in [-0.3, -0.25) is 4.79 Å². The van der Waals surface area contributed by atoms with E-state index in [4.69, 9.17) is 10.2 Å². The van der Waals surface area contributed by atoms with Gasteiger partial charge in [0.25, 0.3) is 0 Å². The third-order valence-corrected chi connectivity index (χ3v) is 2.71. The minimum Gasteiger partial charge on any atom is -0.478 e. The highest BCUT2D eigenvalue weighted by molar-refractivity contribution is 5.89. The molecule has 0 saturated carbocycles. The van der Waals surface area contributed by atoms with Crippen molar-refractivity contribution in [3.63, 3.8) is 0 Å². The monoisotopic (exact) mass is 313 g/mol. The zero-order chi connectivity index (χ0) is 17.4. The van der Waals surface area contributed by atoms with Crippen LogP contribution in [-0.4, -0.2) is 34.1 Å². The number of nitrogens with one attached hydrogen (secondary N) is 1. The fourth-order valence-corrected chi connectivity index (χ4v) is 1.59. The molecule has 0 aromatic rings. The summed E-state index contributed by atoms with van der Waals surface area (Å²) in [6, 6.07) is 0.348. The van der Waals surface area contributed by atoms with Gasteiger partial charge in [0.1, 0.15) is 0 Å². The molecular weight excluding hydrogens is 286 g/mol. The number of carbonyl (C=O) groups excluding carboxylic acids is 1. The summed E-state index contributed by atoms with van der Waals surface area (Å²) in [7, 11) is 0. The molecule has 0 bridgehead atoms. The van der Waals surface area contributed by atoms with Gasteiger partial charge < -0.3 is 15.5 Å². The standard InChI is InChI=1S/C12H23NO.C4H4O4/c1-4-7-9-11(10-8-5-2)13-12(14)6-3;5-3(6)1-2-4(7)8/h6,11H,3-5,7-10H2,1-2H3,(H,13,14);1-2H,(H,5,6)(H,7,8). The summed E-state index contributed by atoms with van der Waals surface area (Å²) in [5, 5.41) is 18.6. The predicted molar refractivity (Wildman–Crippen MR) is 85.6 cm³/mol. The average Bonchev–Trinajstić information content (AvgIpc) is 2.48. The second kappa shape index (κ2) is 15.3. The molecule has 6 heteroatoms. The summed E-state index contributed by atoms with van der Waals surface area (Å²) >= 11 is 0. The third kappa shape index (κ3) is 17.9. The first kappa shape index (κ1) is 22.2. The summed E-state index contributed by atoms with van der Waals surface area (Å²) in [4.78, 5) is 30.2. The Bertz CT molecular complexity index is 353. The number of carboxylic acid groups (broad SMARTS) is 2. The van der Waals surface area contributed by atoms with E-state index in [1.54, 1.807) is 0 Å². The summed E-state index contributed by atoms with van der Waals surface area (Å²) in [5.41, 5.74) is 0. The molecule has 22 heavy (non-hydrogen) atoms. The Morgan fingerprint density at radius 1 is 1.00 bits per heavy atom. The van der Waals surface area contributed by atoms with Crippen LogP contribution in [0.25, 0.3) is 0 Å². The lowest BCUT2D eigenvalue weighted by molar-refractivity contribution is -0.134. The van der Waals surface area contributed by atoms with Gasteiger partial charge in [0.15, 0.2) is 0 Å². The lowest BCUT2D eigenvalue weighted by Gasteiger charge is -2.16. The molecule has 0 heterocycles. The van der Waals surface area contributed by atoms with Crippen LogP contribution in [-0.2, 0) is 14.4 Å². The lowest BCUT2D eigenvalue weighted by Crippen LogP contribution is -2.33. The topological polar surface area (TPSA) is 104 Å². The summed E-state index contributed by atoms with van der Waals surface area (Å²) in [5.74, 6) is -2.55. The van der Waals surface area contributed by atoms with Gasteiger partial charge in [0.2, 0.25) is 5.91 Å². The molecule has 0 aromatic heterocycles. The van der Waals surface area contributed by atoms with Crippen LogP contribution >= 0.6 is 0 Å². The third-order valence-electron chi connectivity index (χ3n) is 2.71. The van der Waals surface area contributed by atoms with Crippen LogP contribution < -0.4 is 5.32 Å². The Morgan fingerprint density at radius 2 is 1.41 bits per heavy atom. The summed E-state index contributed by atoms with van der Waals surface area (Å²) in [6.07, 6.45) is 9.40. The Morgan fingerprint density at radius 3 is 1.68 bits per heavy atom. The van der Waals surface area contributed by atoms with Crippen LogP contribution in [0, 0.1) is 0 Å². The zero-order valence-electron chi connectivity index (χ0n) is 13.4. The highest BCUT2D eigenvalue weighted by Crippen LogP contribution is 2.08. The second-order valence-electron chi connectivity index (χ2n) is 4.70. The van der Waals surface area contributed by atoms with Crippen molar-refractivity contribution in [1.82, 2.24) is 5.32 Å². The molecular formula is C16H27NO5. The number of aliphatic carboxylic acids is 2. The molecule has 0 saturated heterocycles. The van der Waals surface area contributed by atoms with Gasteiger partial charge in [-0.25, -0.2) is 9.59 Å². The van der Waals surface area contributed by atoms with Gasteiger partial charge in [-0.05, 0) is 18.9 Å². The van der Waals surface area contributed by atoms with E-state index < -0.39 is 11.9 Å². The quantitative estimate of drug-likeness (QED) is 0.538. The molecule has 1 amide bonds. The number of carboxylic acids is 2. The first-order valence-corrected chi connectivity index (χ1v) is 7.44. The van der Waals surface area contributed by atoms with Crippen molar-refractivity contribution >= 4 is 17.8 Å².